The van der Waals surface area contributed by atoms with Crippen molar-refractivity contribution < 1.29 is 39.8 Å². The Labute approximate surface area is 257 Å². The van der Waals surface area contributed by atoms with E-state index in [-0.39, 0.29) is 69.4 Å². The molecule has 1 heterocycles. The summed E-state index contributed by atoms with van der Waals surface area (Å²) < 4.78 is 12.5. The third-order valence-corrected chi connectivity index (χ3v) is 15.2. The highest BCUT2D eigenvalue weighted by Crippen LogP contribution is 2.78. The second kappa shape index (κ2) is 9.95. The second-order valence-electron chi connectivity index (χ2n) is 17.9. The number of aliphatic hydroxyl groups is 5. The van der Waals surface area contributed by atoms with Gasteiger partial charge in [0.2, 0.25) is 0 Å². The maximum Gasteiger partial charge on any atom is 0.186 e. The number of rotatable bonds is 3. The lowest BCUT2D eigenvalue weighted by atomic mass is 9.31. The van der Waals surface area contributed by atoms with E-state index in [0.29, 0.717) is 18.6 Å². The van der Waals surface area contributed by atoms with Gasteiger partial charge in [0.15, 0.2) is 6.29 Å². The van der Waals surface area contributed by atoms with Crippen molar-refractivity contribution >= 4 is 5.78 Å². The lowest BCUT2D eigenvalue weighted by molar-refractivity contribution is -0.328. The number of Topliss-reactive ketones (excluding diaryl/α,β-unsaturated/α-hetero) is 1. The molecule has 6 rings (SSSR count). The fourth-order valence-corrected chi connectivity index (χ4v) is 13.1. The first kappa shape index (κ1) is 32.3. The minimum Gasteiger partial charge on any atom is -0.393 e. The zero-order valence-electron chi connectivity index (χ0n) is 27.7. The summed E-state index contributed by atoms with van der Waals surface area (Å²) >= 11 is 0. The van der Waals surface area contributed by atoms with Crippen LogP contribution in [-0.4, -0.2) is 80.3 Å². The summed E-state index contributed by atoms with van der Waals surface area (Å²) in [5, 5.41) is 55.2. The van der Waals surface area contributed by atoms with Gasteiger partial charge in [0, 0.05) is 11.8 Å². The quantitative estimate of drug-likeness (QED) is 0.306. The summed E-state index contributed by atoms with van der Waals surface area (Å²) in [5.41, 5.74) is -2.18. The van der Waals surface area contributed by atoms with E-state index < -0.39 is 36.3 Å². The third-order valence-electron chi connectivity index (χ3n) is 15.2. The zero-order chi connectivity index (χ0) is 31.7. The Morgan fingerprint density at radius 1 is 0.837 bits per heavy atom. The molecule has 15 atom stereocenters. The van der Waals surface area contributed by atoms with Crippen molar-refractivity contribution in [1.29, 1.82) is 0 Å². The van der Waals surface area contributed by atoms with Gasteiger partial charge in [-0.3, -0.25) is 4.79 Å². The molecule has 1 aliphatic heterocycles. The van der Waals surface area contributed by atoms with Gasteiger partial charge in [0.1, 0.15) is 24.1 Å². The van der Waals surface area contributed by atoms with E-state index >= 15 is 0 Å². The number of ether oxygens (including phenoxy) is 2. The Morgan fingerprint density at radius 3 is 2.16 bits per heavy atom. The molecule has 1 unspecified atom stereocenters. The predicted molar refractivity (Wildman–Crippen MR) is 161 cm³/mol. The molecule has 0 aromatic rings. The highest BCUT2D eigenvalue weighted by molar-refractivity contribution is 5.85. The van der Waals surface area contributed by atoms with Gasteiger partial charge in [-0.05, 0) is 110 Å². The van der Waals surface area contributed by atoms with Gasteiger partial charge in [-0.25, -0.2) is 0 Å². The van der Waals surface area contributed by atoms with E-state index in [9.17, 15) is 30.3 Å². The molecule has 0 bridgehead atoms. The van der Waals surface area contributed by atoms with E-state index in [1.807, 2.05) is 13.8 Å². The SMILES string of the molecule is CC(C)(O)[C@H]1CC[C@@]2(C)[C@H]1[C@@H](O[C@H]1OC[C@H](O)[C@H](O)[C@H]1O)C[C@]1(C)[C@@H]2C(O)C[C@@H]2[C@@]3(C)CCC(=O)C(C)(C)[C@@H]3CC[C@]21C. The highest BCUT2D eigenvalue weighted by atomic mass is 16.7. The molecule has 5 saturated carbocycles. The second-order valence-corrected chi connectivity index (χ2v) is 17.9. The summed E-state index contributed by atoms with van der Waals surface area (Å²) in [5.74, 6) is 0.722. The van der Waals surface area contributed by atoms with Crippen molar-refractivity contribution in [3.05, 3.63) is 0 Å². The van der Waals surface area contributed by atoms with Crippen LogP contribution in [0.15, 0.2) is 0 Å². The molecule has 8 heteroatoms. The largest absolute Gasteiger partial charge is 0.393 e. The Balaban J connectivity index is 1.43. The Hall–Kier alpha value is -0.610. The van der Waals surface area contributed by atoms with E-state index in [4.69, 9.17) is 9.47 Å². The maximum atomic E-state index is 13.1. The van der Waals surface area contributed by atoms with Crippen molar-refractivity contribution in [2.24, 2.45) is 56.7 Å². The number of fused-ring (bicyclic) bond motifs is 7. The Morgan fingerprint density at radius 2 is 1.51 bits per heavy atom. The molecule has 0 spiro atoms. The van der Waals surface area contributed by atoms with Gasteiger partial charge in [-0.1, -0.05) is 41.5 Å². The first-order valence-electron chi connectivity index (χ1n) is 17.0. The van der Waals surface area contributed by atoms with Crippen molar-refractivity contribution in [2.45, 2.75) is 149 Å². The Bertz CT molecular complexity index is 1120. The van der Waals surface area contributed by atoms with Crippen molar-refractivity contribution in [2.75, 3.05) is 6.61 Å². The van der Waals surface area contributed by atoms with Crippen LogP contribution in [0.1, 0.15) is 107 Å². The van der Waals surface area contributed by atoms with E-state index in [2.05, 4.69) is 41.5 Å². The fourth-order valence-electron chi connectivity index (χ4n) is 13.1. The third kappa shape index (κ3) is 4.29. The molecule has 0 aromatic heterocycles. The minimum absolute atomic E-state index is 0.00134. The number of ketones is 1. The van der Waals surface area contributed by atoms with Gasteiger partial charge in [0.05, 0.1) is 24.4 Å². The van der Waals surface area contributed by atoms with Crippen LogP contribution in [0.4, 0.5) is 0 Å². The van der Waals surface area contributed by atoms with Gasteiger partial charge >= 0.3 is 0 Å². The van der Waals surface area contributed by atoms with Crippen molar-refractivity contribution in [3.63, 3.8) is 0 Å². The topological polar surface area (TPSA) is 137 Å². The van der Waals surface area contributed by atoms with Gasteiger partial charge < -0.3 is 35.0 Å². The van der Waals surface area contributed by atoms with Crippen molar-refractivity contribution in [3.8, 4) is 0 Å². The highest BCUT2D eigenvalue weighted by Gasteiger charge is 2.75. The number of aliphatic hydroxyl groups excluding tert-OH is 4. The number of hydrogen-bond acceptors (Lipinski definition) is 8. The van der Waals surface area contributed by atoms with Crippen LogP contribution in [0.2, 0.25) is 0 Å². The summed E-state index contributed by atoms with van der Waals surface area (Å²) in [6.45, 7) is 17.4. The van der Waals surface area contributed by atoms with Crippen LogP contribution in [-0.2, 0) is 14.3 Å². The molecular weight excluding hydrogens is 548 g/mol. The summed E-state index contributed by atoms with van der Waals surface area (Å²) in [4.78, 5) is 13.1. The molecule has 5 aliphatic carbocycles. The fraction of sp³-hybridized carbons (Fsp3) is 0.971. The van der Waals surface area contributed by atoms with Crippen LogP contribution in [0, 0.1) is 56.7 Å². The first-order valence-corrected chi connectivity index (χ1v) is 17.0. The normalized spacial score (nSPS) is 56.5. The van der Waals surface area contributed by atoms with Crippen LogP contribution in [0.25, 0.3) is 0 Å². The molecule has 0 amide bonds. The van der Waals surface area contributed by atoms with Crippen LogP contribution < -0.4 is 0 Å². The lowest BCUT2D eigenvalue weighted by Gasteiger charge is -2.74. The summed E-state index contributed by atoms with van der Waals surface area (Å²) in [6, 6.07) is 0. The first-order chi connectivity index (χ1) is 19.7. The average molecular weight is 607 g/mol. The summed E-state index contributed by atoms with van der Waals surface area (Å²) in [6.07, 6.45) is 0.526. The van der Waals surface area contributed by atoms with E-state index in [1.54, 1.807) is 0 Å². The minimum atomic E-state index is -1.39. The van der Waals surface area contributed by atoms with E-state index in [0.717, 1.165) is 38.5 Å². The van der Waals surface area contributed by atoms with E-state index in [1.165, 1.54) is 0 Å². The van der Waals surface area contributed by atoms with Crippen LogP contribution in [0.5, 0.6) is 0 Å². The Kier molecular flexibility index (Phi) is 7.48. The molecule has 5 N–H and O–H groups in total. The van der Waals surface area contributed by atoms with Crippen LogP contribution >= 0.6 is 0 Å². The van der Waals surface area contributed by atoms with Crippen molar-refractivity contribution in [1.82, 2.24) is 0 Å². The number of hydrogen-bond donors (Lipinski definition) is 5. The smallest absolute Gasteiger partial charge is 0.186 e. The van der Waals surface area contributed by atoms with Gasteiger partial charge in [0.25, 0.3) is 0 Å². The average Bonchev–Trinajstić information content (AvgIpc) is 3.27. The monoisotopic (exact) mass is 606 g/mol. The van der Waals surface area contributed by atoms with Gasteiger partial charge in [-0.15, -0.1) is 0 Å². The molecule has 8 nitrogen and oxygen atoms in total. The molecular formula is C35H58O8. The predicted octanol–water partition coefficient (Wildman–Crippen LogP) is 3.83. The standard InChI is InChI=1S/C35H58O8/c1-30(2)22-10-14-34(7)23(32(22,5)13-11-24(30)38)15-19(36)28-33(6)12-9-18(31(3,4)41)25(33)21(16-35(28,34)8)43-29-27(40)26(39)20(37)17-42-29/h18-23,25-29,36-37,39-41H,9-17H2,1-8H3/t18-,19?,20-,21-,22-,23+,25+,26-,27+,28+,29+,32-,33-,34+,35+/m0/s1. The molecule has 0 aromatic carbocycles. The lowest BCUT2D eigenvalue weighted by Crippen LogP contribution is -2.72. The molecule has 6 aliphatic rings. The zero-order valence-corrected chi connectivity index (χ0v) is 27.7. The summed E-state index contributed by atoms with van der Waals surface area (Å²) in [7, 11) is 0. The molecule has 246 valence electrons. The molecule has 0 radical (unpaired) electrons. The molecule has 1 saturated heterocycles. The number of carbonyl (C=O) groups is 1. The maximum absolute atomic E-state index is 13.1. The molecule has 6 fully saturated rings. The number of carbonyl (C=O) groups excluding carboxylic acids is 1. The molecule has 43 heavy (non-hydrogen) atoms. The van der Waals surface area contributed by atoms with Gasteiger partial charge in [-0.2, -0.15) is 0 Å². The van der Waals surface area contributed by atoms with Crippen LogP contribution in [0.3, 0.4) is 0 Å².